The summed E-state index contributed by atoms with van der Waals surface area (Å²) in [6.45, 7) is 4.75. The average Bonchev–Trinajstić information content (AvgIpc) is 3.28. The molecule has 0 spiro atoms. The Bertz CT molecular complexity index is 1050. The number of likely N-dealkylation sites (tertiary alicyclic amines) is 1. The number of carbonyl (C=O) groups excluding carboxylic acids is 2. The van der Waals surface area contributed by atoms with Crippen molar-refractivity contribution in [1.29, 1.82) is 0 Å². The smallest absolute Gasteiger partial charge is 0.260 e. The predicted octanol–water partition coefficient (Wildman–Crippen LogP) is 2.72. The van der Waals surface area contributed by atoms with E-state index in [4.69, 9.17) is 0 Å². The number of nitrogens with one attached hydrogen (secondary N) is 1. The fourth-order valence-corrected chi connectivity index (χ4v) is 4.40. The van der Waals surface area contributed by atoms with Gasteiger partial charge in [0.15, 0.2) is 11.6 Å². The summed E-state index contributed by atoms with van der Waals surface area (Å²) in [5, 5.41) is 2.96. The lowest BCUT2D eigenvalue weighted by Crippen LogP contribution is -2.38. The first-order valence-electron chi connectivity index (χ1n) is 10.7. The zero-order valence-electron chi connectivity index (χ0n) is 17.9. The van der Waals surface area contributed by atoms with Gasteiger partial charge in [-0.15, -0.1) is 0 Å². The molecule has 2 aromatic rings. The second kappa shape index (κ2) is 9.28. The van der Waals surface area contributed by atoms with E-state index in [0.29, 0.717) is 25.6 Å². The molecule has 170 valence electrons. The minimum atomic E-state index is -1.48. The fourth-order valence-electron chi connectivity index (χ4n) is 4.40. The Morgan fingerprint density at radius 3 is 2.56 bits per heavy atom. The molecule has 6 nitrogen and oxygen atoms in total. The van der Waals surface area contributed by atoms with Crippen molar-refractivity contribution in [1.82, 2.24) is 20.1 Å². The highest BCUT2D eigenvalue weighted by molar-refractivity contribution is 5.95. The highest BCUT2D eigenvalue weighted by Gasteiger charge is 2.29. The number of aromatic nitrogens is 1. The summed E-state index contributed by atoms with van der Waals surface area (Å²) in [4.78, 5) is 32.8. The third-order valence-corrected chi connectivity index (χ3v) is 6.17. The number of carbonyl (C=O) groups is 2. The summed E-state index contributed by atoms with van der Waals surface area (Å²) in [6, 6.07) is 1.40. The topological polar surface area (TPSA) is 65.5 Å². The SMILES string of the molecule is Cc1ncc2c(c1CNC(=O)CN1CCCC1)CCN(C(=O)c1c(F)ccc(F)c1F)C2. The molecule has 9 heteroatoms. The van der Waals surface area contributed by atoms with E-state index in [1.807, 2.05) is 6.92 Å². The van der Waals surface area contributed by atoms with Gasteiger partial charge in [-0.25, -0.2) is 13.2 Å². The van der Waals surface area contributed by atoms with Gasteiger partial charge in [0.2, 0.25) is 5.91 Å². The van der Waals surface area contributed by atoms with Crippen LogP contribution in [0.15, 0.2) is 18.3 Å². The van der Waals surface area contributed by atoms with Crippen LogP contribution in [0.1, 0.15) is 45.6 Å². The molecular formula is C23H25F3N4O2. The number of pyridine rings is 1. The summed E-state index contributed by atoms with van der Waals surface area (Å²) in [5.41, 5.74) is 2.52. The minimum absolute atomic E-state index is 0.0476. The highest BCUT2D eigenvalue weighted by Crippen LogP contribution is 2.26. The summed E-state index contributed by atoms with van der Waals surface area (Å²) < 4.78 is 41.7. The van der Waals surface area contributed by atoms with E-state index in [-0.39, 0.29) is 19.0 Å². The zero-order valence-corrected chi connectivity index (χ0v) is 17.9. The van der Waals surface area contributed by atoms with Crippen LogP contribution in [0.2, 0.25) is 0 Å². The summed E-state index contributed by atoms with van der Waals surface area (Å²) in [5.74, 6) is -4.79. The largest absolute Gasteiger partial charge is 0.351 e. The van der Waals surface area contributed by atoms with Crippen LogP contribution in [0.4, 0.5) is 13.2 Å². The first-order chi connectivity index (χ1) is 15.3. The molecule has 4 rings (SSSR count). The average molecular weight is 446 g/mol. The van der Waals surface area contributed by atoms with Crippen molar-refractivity contribution in [2.24, 2.45) is 0 Å². The number of hydrogen-bond acceptors (Lipinski definition) is 4. The molecule has 0 aliphatic carbocycles. The van der Waals surface area contributed by atoms with Crippen LogP contribution in [0.5, 0.6) is 0 Å². The second-order valence-corrected chi connectivity index (χ2v) is 8.28. The molecule has 2 aliphatic heterocycles. The normalized spacial score (nSPS) is 16.2. The minimum Gasteiger partial charge on any atom is -0.351 e. The van der Waals surface area contributed by atoms with Crippen molar-refractivity contribution in [3.63, 3.8) is 0 Å². The van der Waals surface area contributed by atoms with Gasteiger partial charge in [-0.05, 0) is 68.1 Å². The number of fused-ring (bicyclic) bond motifs is 1. The predicted molar refractivity (Wildman–Crippen MR) is 111 cm³/mol. The number of amides is 2. The van der Waals surface area contributed by atoms with Crippen molar-refractivity contribution in [3.05, 3.63) is 63.7 Å². The molecule has 2 amide bonds. The number of aryl methyl sites for hydroxylation is 1. The van der Waals surface area contributed by atoms with E-state index >= 15 is 0 Å². The second-order valence-electron chi connectivity index (χ2n) is 8.28. The van der Waals surface area contributed by atoms with Gasteiger partial charge in [0, 0.05) is 31.5 Å². The van der Waals surface area contributed by atoms with Gasteiger partial charge in [0.1, 0.15) is 11.4 Å². The molecule has 0 bridgehead atoms. The molecular weight excluding hydrogens is 421 g/mol. The maximum Gasteiger partial charge on any atom is 0.260 e. The number of halogens is 3. The van der Waals surface area contributed by atoms with Crippen LogP contribution in [0, 0.1) is 24.4 Å². The number of hydrogen-bond donors (Lipinski definition) is 1. The van der Waals surface area contributed by atoms with Gasteiger partial charge in [-0.2, -0.15) is 0 Å². The molecule has 0 atom stereocenters. The first kappa shape index (κ1) is 22.3. The molecule has 2 aliphatic rings. The quantitative estimate of drug-likeness (QED) is 0.718. The summed E-state index contributed by atoms with van der Waals surface area (Å²) in [7, 11) is 0. The Morgan fingerprint density at radius 2 is 1.81 bits per heavy atom. The third kappa shape index (κ3) is 4.48. The van der Waals surface area contributed by atoms with E-state index in [0.717, 1.165) is 54.4 Å². The van der Waals surface area contributed by atoms with E-state index in [9.17, 15) is 22.8 Å². The van der Waals surface area contributed by atoms with Crippen LogP contribution in [0.25, 0.3) is 0 Å². The highest BCUT2D eigenvalue weighted by atomic mass is 19.2. The van der Waals surface area contributed by atoms with Crippen molar-refractivity contribution >= 4 is 11.8 Å². The van der Waals surface area contributed by atoms with Crippen molar-refractivity contribution < 1.29 is 22.8 Å². The van der Waals surface area contributed by atoms with Crippen LogP contribution >= 0.6 is 0 Å². The molecule has 32 heavy (non-hydrogen) atoms. The number of nitrogens with zero attached hydrogens (tertiary/aromatic N) is 3. The Balaban J connectivity index is 1.48. The van der Waals surface area contributed by atoms with Crippen molar-refractivity contribution in [2.45, 2.75) is 39.3 Å². The molecule has 1 fully saturated rings. The number of rotatable bonds is 5. The molecule has 0 unspecified atom stereocenters. The van der Waals surface area contributed by atoms with E-state index in [1.54, 1.807) is 6.20 Å². The molecule has 1 aromatic carbocycles. The maximum absolute atomic E-state index is 14.1. The monoisotopic (exact) mass is 446 g/mol. The Kier molecular flexibility index (Phi) is 6.45. The third-order valence-electron chi connectivity index (χ3n) is 6.17. The van der Waals surface area contributed by atoms with Gasteiger partial charge in [0.25, 0.3) is 5.91 Å². The summed E-state index contributed by atoms with van der Waals surface area (Å²) >= 11 is 0. The van der Waals surface area contributed by atoms with Crippen molar-refractivity contribution in [3.8, 4) is 0 Å². The lowest BCUT2D eigenvalue weighted by atomic mass is 9.94. The first-order valence-corrected chi connectivity index (χ1v) is 10.7. The standard InChI is InChI=1S/C23H25F3N4O2/c1-14-17(11-28-20(31)13-29-7-2-3-8-29)16-6-9-30(12-15(16)10-27-14)23(32)21-18(24)4-5-19(25)22(21)26/h4-5,10H,2-3,6-9,11-13H2,1H3,(H,28,31). The Labute approximate surface area is 184 Å². The molecule has 3 heterocycles. The lowest BCUT2D eigenvalue weighted by molar-refractivity contribution is -0.122. The van der Waals surface area contributed by atoms with Gasteiger partial charge < -0.3 is 10.2 Å². The van der Waals surface area contributed by atoms with Crippen LogP contribution < -0.4 is 5.32 Å². The zero-order chi connectivity index (χ0) is 22.8. The summed E-state index contributed by atoms with van der Waals surface area (Å²) in [6.07, 6.45) is 4.31. The van der Waals surface area contributed by atoms with Gasteiger partial charge in [0.05, 0.1) is 6.54 Å². The molecule has 1 saturated heterocycles. The Morgan fingerprint density at radius 1 is 1.09 bits per heavy atom. The van der Waals surface area contributed by atoms with Gasteiger partial charge in [-0.3, -0.25) is 19.5 Å². The fraction of sp³-hybridized carbons (Fsp3) is 0.435. The molecule has 0 radical (unpaired) electrons. The molecule has 0 saturated carbocycles. The number of benzene rings is 1. The maximum atomic E-state index is 14.1. The van der Waals surface area contributed by atoms with E-state index < -0.39 is 28.9 Å². The molecule has 1 aromatic heterocycles. The van der Waals surface area contributed by atoms with Crippen LogP contribution in [-0.2, 0) is 24.3 Å². The van der Waals surface area contributed by atoms with E-state index in [2.05, 4.69) is 15.2 Å². The Hall–Kier alpha value is -2.94. The van der Waals surface area contributed by atoms with E-state index in [1.165, 1.54) is 4.90 Å². The van der Waals surface area contributed by atoms with Crippen molar-refractivity contribution in [2.75, 3.05) is 26.2 Å². The van der Waals surface area contributed by atoms with Gasteiger partial charge >= 0.3 is 0 Å². The van der Waals surface area contributed by atoms with Crippen LogP contribution in [0.3, 0.4) is 0 Å². The molecule has 1 N–H and O–H groups in total. The van der Waals surface area contributed by atoms with Gasteiger partial charge in [-0.1, -0.05) is 0 Å². The van der Waals surface area contributed by atoms with Crippen LogP contribution in [-0.4, -0.2) is 52.8 Å². The lowest BCUT2D eigenvalue weighted by Gasteiger charge is -2.31.